The zero-order chi connectivity index (χ0) is 13.8. The maximum Gasteiger partial charge on any atom is 0.169 e. The van der Waals surface area contributed by atoms with E-state index in [0.717, 1.165) is 5.56 Å². The highest BCUT2D eigenvalue weighted by atomic mass is 35.5. The van der Waals surface area contributed by atoms with Crippen LogP contribution in [0.3, 0.4) is 0 Å². The van der Waals surface area contributed by atoms with Gasteiger partial charge in [-0.05, 0) is 29.8 Å². The van der Waals surface area contributed by atoms with Crippen molar-refractivity contribution in [2.75, 3.05) is 12.8 Å². The molecule has 19 heavy (non-hydrogen) atoms. The summed E-state index contributed by atoms with van der Waals surface area (Å²) in [6.07, 6.45) is 3.29. The molecule has 1 heterocycles. The Morgan fingerprint density at radius 1 is 1.42 bits per heavy atom. The molecule has 0 spiro atoms. The van der Waals surface area contributed by atoms with Gasteiger partial charge in [0.25, 0.3) is 0 Å². The van der Waals surface area contributed by atoms with Crippen LogP contribution in [0.2, 0.25) is 5.02 Å². The van der Waals surface area contributed by atoms with Crippen molar-refractivity contribution >= 4 is 23.1 Å². The third kappa shape index (κ3) is 3.03. The number of nitrogens with zero attached hydrogens (tertiary/aromatic N) is 1. The number of ether oxygens (including phenoxy) is 1. The van der Waals surface area contributed by atoms with E-state index < -0.39 is 0 Å². The van der Waals surface area contributed by atoms with E-state index >= 15 is 0 Å². The van der Waals surface area contributed by atoms with Gasteiger partial charge in [0.1, 0.15) is 5.75 Å². The molecule has 2 rings (SSSR count). The Morgan fingerprint density at radius 2 is 2.21 bits per heavy atom. The molecule has 0 saturated heterocycles. The number of methoxy groups -OCH3 is 1. The smallest absolute Gasteiger partial charge is 0.169 e. The summed E-state index contributed by atoms with van der Waals surface area (Å²) in [7, 11) is 1.54. The van der Waals surface area contributed by atoms with Crippen molar-refractivity contribution in [3.05, 3.63) is 52.8 Å². The van der Waals surface area contributed by atoms with Crippen molar-refractivity contribution in [3.63, 3.8) is 0 Å². The van der Waals surface area contributed by atoms with Crippen LogP contribution >= 0.6 is 11.6 Å². The fourth-order valence-electron chi connectivity index (χ4n) is 1.72. The van der Waals surface area contributed by atoms with Crippen molar-refractivity contribution < 1.29 is 9.53 Å². The molecule has 1 aromatic heterocycles. The average Bonchev–Trinajstić information content (AvgIpc) is 2.42. The number of Topliss-reactive ketones (excluding diaryl/α,β-unsaturated/α-hetero) is 1. The van der Waals surface area contributed by atoms with Gasteiger partial charge in [-0.3, -0.25) is 9.78 Å². The van der Waals surface area contributed by atoms with Gasteiger partial charge in [-0.2, -0.15) is 0 Å². The van der Waals surface area contributed by atoms with Gasteiger partial charge < -0.3 is 10.5 Å². The number of nitrogens with two attached hydrogens (primary N) is 1. The molecular weight excluding hydrogens is 264 g/mol. The van der Waals surface area contributed by atoms with Gasteiger partial charge in [-0.1, -0.05) is 11.6 Å². The molecule has 0 fully saturated rings. The summed E-state index contributed by atoms with van der Waals surface area (Å²) < 4.78 is 5.09. The number of ketones is 1. The molecule has 0 bridgehead atoms. The van der Waals surface area contributed by atoms with Crippen LogP contribution in [-0.4, -0.2) is 17.9 Å². The highest BCUT2D eigenvalue weighted by Gasteiger charge is 2.13. The third-order valence-corrected chi connectivity index (χ3v) is 3.11. The molecule has 0 aliphatic heterocycles. The summed E-state index contributed by atoms with van der Waals surface area (Å²) in [5.41, 5.74) is 7.40. The number of hydrogen-bond donors (Lipinski definition) is 1. The van der Waals surface area contributed by atoms with Crippen LogP contribution in [0.4, 0.5) is 5.69 Å². The lowest BCUT2D eigenvalue weighted by atomic mass is 10.0. The van der Waals surface area contributed by atoms with Crippen LogP contribution in [0.5, 0.6) is 5.75 Å². The number of halogens is 1. The minimum Gasteiger partial charge on any atom is -0.497 e. The van der Waals surface area contributed by atoms with Crippen molar-refractivity contribution in [2.45, 2.75) is 6.42 Å². The Labute approximate surface area is 116 Å². The molecular formula is C14H13ClN2O2. The number of anilines is 1. The average molecular weight is 277 g/mol. The first-order chi connectivity index (χ1) is 9.11. The van der Waals surface area contributed by atoms with E-state index in [2.05, 4.69) is 4.98 Å². The lowest BCUT2D eigenvalue weighted by Gasteiger charge is -2.08. The molecule has 4 nitrogen and oxygen atoms in total. The summed E-state index contributed by atoms with van der Waals surface area (Å²) in [6.45, 7) is 0. The second-order valence-corrected chi connectivity index (χ2v) is 4.43. The van der Waals surface area contributed by atoms with Gasteiger partial charge in [0.15, 0.2) is 5.78 Å². The highest BCUT2D eigenvalue weighted by molar-refractivity contribution is 6.31. The Balaban J connectivity index is 2.28. The Bertz CT molecular complexity index is 614. The van der Waals surface area contributed by atoms with E-state index in [1.807, 2.05) is 0 Å². The van der Waals surface area contributed by atoms with Gasteiger partial charge in [-0.15, -0.1) is 0 Å². The molecule has 1 aromatic carbocycles. The van der Waals surface area contributed by atoms with Crippen molar-refractivity contribution in [3.8, 4) is 5.75 Å². The summed E-state index contributed by atoms with van der Waals surface area (Å²) in [5.74, 6) is 0.489. The first-order valence-electron chi connectivity index (χ1n) is 5.67. The fraction of sp³-hybridized carbons (Fsp3) is 0.143. The van der Waals surface area contributed by atoms with Crippen molar-refractivity contribution in [1.82, 2.24) is 4.98 Å². The van der Waals surface area contributed by atoms with E-state index in [1.165, 1.54) is 6.20 Å². The number of aromatic nitrogens is 1. The van der Waals surface area contributed by atoms with Crippen LogP contribution in [0, 0.1) is 0 Å². The number of hydrogen-bond acceptors (Lipinski definition) is 4. The number of carbonyl (C=O) groups excluding carboxylic acids is 1. The minimum atomic E-state index is -0.107. The molecule has 0 radical (unpaired) electrons. The Kier molecular flexibility index (Phi) is 4.02. The third-order valence-electron chi connectivity index (χ3n) is 2.77. The van der Waals surface area contributed by atoms with E-state index in [0.29, 0.717) is 22.0 Å². The van der Waals surface area contributed by atoms with Crippen LogP contribution in [0.1, 0.15) is 15.9 Å². The van der Waals surface area contributed by atoms with Gasteiger partial charge in [0, 0.05) is 30.1 Å². The number of nitrogen functional groups attached to an aromatic ring is 1. The zero-order valence-corrected chi connectivity index (χ0v) is 11.1. The molecule has 0 amide bonds. The second-order valence-electron chi connectivity index (χ2n) is 4.02. The predicted octanol–water partition coefficient (Wildman–Crippen LogP) is 2.75. The molecule has 0 saturated carbocycles. The van der Waals surface area contributed by atoms with Crippen LogP contribution < -0.4 is 10.5 Å². The molecule has 2 aromatic rings. The lowest BCUT2D eigenvalue weighted by molar-refractivity contribution is 0.0993. The standard InChI is InChI=1S/C14H13ClN2O2/c1-19-10-2-3-13(16)11(7-10)14(18)6-9-4-5-17-8-12(9)15/h2-5,7-8H,6,16H2,1H3. The SMILES string of the molecule is COc1ccc(N)c(C(=O)Cc2ccncc2Cl)c1. The quantitative estimate of drug-likeness (QED) is 0.689. The molecule has 0 atom stereocenters. The number of pyridine rings is 1. The first kappa shape index (κ1) is 13.4. The maximum absolute atomic E-state index is 12.2. The van der Waals surface area contributed by atoms with Gasteiger partial charge in [0.05, 0.1) is 12.1 Å². The number of rotatable bonds is 4. The van der Waals surface area contributed by atoms with E-state index in [1.54, 1.807) is 37.6 Å². The second kappa shape index (κ2) is 5.71. The molecule has 5 heteroatoms. The van der Waals surface area contributed by atoms with Gasteiger partial charge >= 0.3 is 0 Å². The molecule has 98 valence electrons. The molecule has 2 N–H and O–H groups in total. The van der Waals surface area contributed by atoms with Gasteiger partial charge in [0.2, 0.25) is 0 Å². The number of benzene rings is 1. The van der Waals surface area contributed by atoms with Crippen molar-refractivity contribution in [2.24, 2.45) is 0 Å². The summed E-state index contributed by atoms with van der Waals surface area (Å²) in [4.78, 5) is 16.1. The van der Waals surface area contributed by atoms with Gasteiger partial charge in [-0.25, -0.2) is 0 Å². The molecule has 0 aliphatic carbocycles. The largest absolute Gasteiger partial charge is 0.497 e. The van der Waals surface area contributed by atoms with Crippen LogP contribution in [-0.2, 0) is 6.42 Å². The predicted molar refractivity (Wildman–Crippen MR) is 74.7 cm³/mol. The summed E-state index contributed by atoms with van der Waals surface area (Å²) in [6, 6.07) is 6.72. The first-order valence-corrected chi connectivity index (χ1v) is 6.04. The van der Waals surface area contributed by atoms with Crippen LogP contribution in [0.25, 0.3) is 0 Å². The maximum atomic E-state index is 12.2. The van der Waals surface area contributed by atoms with E-state index in [4.69, 9.17) is 22.1 Å². The fourth-order valence-corrected chi connectivity index (χ4v) is 1.91. The monoisotopic (exact) mass is 276 g/mol. The molecule has 0 aliphatic rings. The normalized spacial score (nSPS) is 10.2. The highest BCUT2D eigenvalue weighted by Crippen LogP contribution is 2.22. The summed E-state index contributed by atoms with van der Waals surface area (Å²) >= 11 is 5.98. The molecule has 0 unspecified atom stereocenters. The number of carbonyl (C=O) groups is 1. The van der Waals surface area contributed by atoms with Crippen molar-refractivity contribution in [1.29, 1.82) is 0 Å². The minimum absolute atomic E-state index is 0.107. The van der Waals surface area contributed by atoms with Crippen LogP contribution in [0.15, 0.2) is 36.7 Å². The van der Waals surface area contributed by atoms with E-state index in [9.17, 15) is 4.79 Å². The Hall–Kier alpha value is -2.07. The topological polar surface area (TPSA) is 65.2 Å². The lowest BCUT2D eigenvalue weighted by Crippen LogP contribution is -2.08. The zero-order valence-electron chi connectivity index (χ0n) is 10.4. The summed E-state index contributed by atoms with van der Waals surface area (Å²) in [5, 5.41) is 0.470. The van der Waals surface area contributed by atoms with E-state index in [-0.39, 0.29) is 12.2 Å². The Morgan fingerprint density at radius 3 is 2.89 bits per heavy atom.